The average molecular weight is 334 g/mol. The van der Waals surface area contributed by atoms with E-state index in [-0.39, 0.29) is 0 Å². The molecule has 1 aromatic carbocycles. The molecule has 1 fully saturated rings. The molecule has 4 nitrogen and oxygen atoms in total. The second kappa shape index (κ2) is 8.47. The summed E-state index contributed by atoms with van der Waals surface area (Å²) in [5.74, 6) is 0.960. The molecule has 0 spiro atoms. The number of benzene rings is 1. The fourth-order valence-corrected chi connectivity index (χ4v) is 3.13. The molecule has 2 aromatic rings. The number of likely N-dealkylation sites (tertiary alicyclic amines) is 1. The molecular weight excluding hydrogens is 308 g/mol. The first-order valence-electron chi connectivity index (χ1n) is 8.87. The molecule has 2 heterocycles. The first-order valence-corrected chi connectivity index (χ1v) is 8.87. The largest absolute Gasteiger partial charge is 0.351 e. The molecule has 0 saturated carbocycles. The van der Waals surface area contributed by atoms with E-state index in [1.165, 1.54) is 11.1 Å². The Hall–Kier alpha value is -2.62. The Morgan fingerprint density at radius 2 is 1.88 bits per heavy atom. The van der Waals surface area contributed by atoms with Crippen molar-refractivity contribution in [2.45, 2.75) is 26.3 Å². The van der Waals surface area contributed by atoms with Crippen molar-refractivity contribution in [1.29, 1.82) is 0 Å². The summed E-state index contributed by atoms with van der Waals surface area (Å²) in [6.45, 7) is 4.72. The Labute approximate surface area is 150 Å². The lowest BCUT2D eigenvalue weighted by Crippen LogP contribution is -2.44. The highest BCUT2D eigenvalue weighted by Gasteiger charge is 2.17. The highest BCUT2D eigenvalue weighted by atomic mass is 15.3. The van der Waals surface area contributed by atoms with Gasteiger partial charge >= 0.3 is 0 Å². The predicted molar refractivity (Wildman–Crippen MR) is 104 cm³/mol. The maximum absolute atomic E-state index is 4.54. The smallest absolute Gasteiger partial charge is 0.193 e. The minimum Gasteiger partial charge on any atom is -0.351 e. The van der Waals surface area contributed by atoms with Crippen LogP contribution in [0.1, 0.15) is 29.8 Å². The summed E-state index contributed by atoms with van der Waals surface area (Å²) in [5, 5.41) is 3.44. The molecule has 0 atom stereocenters. The Morgan fingerprint density at radius 1 is 1.12 bits per heavy atom. The van der Waals surface area contributed by atoms with Gasteiger partial charge in [-0.1, -0.05) is 48.0 Å². The van der Waals surface area contributed by atoms with Crippen molar-refractivity contribution < 1.29 is 0 Å². The maximum Gasteiger partial charge on any atom is 0.193 e. The number of hydrogen-bond acceptors (Lipinski definition) is 2. The van der Waals surface area contributed by atoms with Gasteiger partial charge in [-0.3, -0.25) is 9.98 Å². The molecule has 1 aliphatic rings. The molecular formula is C21H26N4. The van der Waals surface area contributed by atoms with Crippen LogP contribution in [0, 0.1) is 6.92 Å². The van der Waals surface area contributed by atoms with E-state index in [4.69, 9.17) is 0 Å². The van der Waals surface area contributed by atoms with Gasteiger partial charge in [-0.25, -0.2) is 0 Å². The molecule has 0 amide bonds. The topological polar surface area (TPSA) is 40.5 Å². The Balaban J connectivity index is 1.54. The van der Waals surface area contributed by atoms with Crippen molar-refractivity contribution in [1.82, 2.24) is 15.2 Å². The molecule has 0 radical (unpaired) electrons. The van der Waals surface area contributed by atoms with Crippen LogP contribution in [-0.2, 0) is 6.54 Å². The fraction of sp³-hybridized carbons (Fsp3) is 0.333. The van der Waals surface area contributed by atoms with Gasteiger partial charge in [-0.15, -0.1) is 0 Å². The summed E-state index contributed by atoms with van der Waals surface area (Å²) >= 11 is 0. The number of hydrogen-bond donors (Lipinski definition) is 1. The molecule has 3 rings (SSSR count). The number of guanidine groups is 1. The van der Waals surface area contributed by atoms with E-state index in [1.807, 2.05) is 32.2 Å². The normalized spacial score (nSPS) is 15.2. The third kappa shape index (κ3) is 4.92. The third-order valence-corrected chi connectivity index (χ3v) is 4.46. The Morgan fingerprint density at radius 3 is 2.56 bits per heavy atom. The van der Waals surface area contributed by atoms with Crippen molar-refractivity contribution >= 4 is 12.0 Å². The van der Waals surface area contributed by atoms with Gasteiger partial charge in [0.25, 0.3) is 0 Å². The number of piperidine rings is 1. The van der Waals surface area contributed by atoms with Crippen LogP contribution in [0.25, 0.3) is 6.08 Å². The zero-order chi connectivity index (χ0) is 17.5. The average Bonchev–Trinajstić information content (AvgIpc) is 2.64. The van der Waals surface area contributed by atoms with E-state index in [0.29, 0.717) is 6.54 Å². The molecule has 0 bridgehead atoms. The summed E-state index contributed by atoms with van der Waals surface area (Å²) in [5.41, 5.74) is 4.89. The van der Waals surface area contributed by atoms with Crippen molar-refractivity contribution in [3.05, 3.63) is 71.1 Å². The van der Waals surface area contributed by atoms with Crippen LogP contribution in [0.5, 0.6) is 0 Å². The standard InChI is InChI=1S/C21H26N4/c1-17-7-6-10-20(24-17)16-23-21(22-2)25-13-11-19(12-14-25)15-18-8-4-3-5-9-18/h3-10,15H,11-14,16H2,1-2H3,(H,22,23). The molecule has 1 aliphatic heterocycles. The van der Waals surface area contributed by atoms with E-state index < -0.39 is 0 Å². The molecule has 1 saturated heterocycles. The van der Waals surface area contributed by atoms with Crippen LogP contribution in [0.4, 0.5) is 0 Å². The van der Waals surface area contributed by atoms with Crippen molar-refractivity contribution in [2.75, 3.05) is 20.1 Å². The number of rotatable bonds is 3. The van der Waals surface area contributed by atoms with Gasteiger partial charge in [0.1, 0.15) is 0 Å². The Bertz CT molecular complexity index is 740. The number of aromatic nitrogens is 1. The SMILES string of the molecule is CN=C(NCc1cccc(C)n1)N1CCC(=Cc2ccccc2)CC1. The highest BCUT2D eigenvalue weighted by Crippen LogP contribution is 2.19. The number of pyridine rings is 1. The fourth-order valence-electron chi connectivity index (χ4n) is 3.13. The third-order valence-electron chi connectivity index (χ3n) is 4.46. The molecule has 1 N–H and O–H groups in total. The zero-order valence-electron chi connectivity index (χ0n) is 15.1. The van der Waals surface area contributed by atoms with Gasteiger partial charge < -0.3 is 10.2 Å². The summed E-state index contributed by atoms with van der Waals surface area (Å²) in [6.07, 6.45) is 4.49. The second-order valence-electron chi connectivity index (χ2n) is 6.37. The Kier molecular flexibility index (Phi) is 5.83. The summed E-state index contributed by atoms with van der Waals surface area (Å²) in [6, 6.07) is 16.7. The highest BCUT2D eigenvalue weighted by molar-refractivity contribution is 5.80. The minimum atomic E-state index is 0.706. The van der Waals surface area contributed by atoms with Gasteiger partial charge in [-0.05, 0) is 37.5 Å². The molecule has 0 unspecified atom stereocenters. The van der Waals surface area contributed by atoms with E-state index in [2.05, 4.69) is 56.6 Å². The monoisotopic (exact) mass is 334 g/mol. The van der Waals surface area contributed by atoms with E-state index in [0.717, 1.165) is 43.3 Å². The second-order valence-corrected chi connectivity index (χ2v) is 6.37. The van der Waals surface area contributed by atoms with Gasteiger partial charge in [0.2, 0.25) is 0 Å². The van der Waals surface area contributed by atoms with Crippen LogP contribution in [0.2, 0.25) is 0 Å². The zero-order valence-corrected chi connectivity index (χ0v) is 15.1. The van der Waals surface area contributed by atoms with Gasteiger partial charge in [0.05, 0.1) is 12.2 Å². The molecule has 130 valence electrons. The first kappa shape index (κ1) is 17.2. The summed E-state index contributed by atoms with van der Waals surface area (Å²) in [4.78, 5) is 11.3. The van der Waals surface area contributed by atoms with Crippen LogP contribution in [-0.4, -0.2) is 36.0 Å². The van der Waals surface area contributed by atoms with Crippen LogP contribution >= 0.6 is 0 Å². The van der Waals surface area contributed by atoms with Crippen LogP contribution in [0.3, 0.4) is 0 Å². The van der Waals surface area contributed by atoms with Gasteiger partial charge in [-0.2, -0.15) is 0 Å². The molecule has 1 aromatic heterocycles. The van der Waals surface area contributed by atoms with E-state index >= 15 is 0 Å². The van der Waals surface area contributed by atoms with Crippen molar-refractivity contribution in [2.24, 2.45) is 4.99 Å². The lowest BCUT2D eigenvalue weighted by Gasteiger charge is -2.31. The number of nitrogens with one attached hydrogen (secondary N) is 1. The van der Waals surface area contributed by atoms with E-state index in [1.54, 1.807) is 0 Å². The molecule has 0 aliphatic carbocycles. The number of nitrogens with zero attached hydrogens (tertiary/aromatic N) is 3. The minimum absolute atomic E-state index is 0.706. The molecule has 25 heavy (non-hydrogen) atoms. The maximum atomic E-state index is 4.54. The summed E-state index contributed by atoms with van der Waals surface area (Å²) < 4.78 is 0. The predicted octanol–water partition coefficient (Wildman–Crippen LogP) is 3.64. The van der Waals surface area contributed by atoms with Gasteiger partial charge in [0.15, 0.2) is 5.96 Å². The van der Waals surface area contributed by atoms with Crippen molar-refractivity contribution in [3.8, 4) is 0 Å². The summed E-state index contributed by atoms with van der Waals surface area (Å²) in [7, 11) is 1.85. The number of aryl methyl sites for hydroxylation is 1. The molecule has 4 heteroatoms. The quantitative estimate of drug-likeness (QED) is 0.688. The van der Waals surface area contributed by atoms with Crippen LogP contribution in [0.15, 0.2) is 59.1 Å². The van der Waals surface area contributed by atoms with E-state index in [9.17, 15) is 0 Å². The number of aliphatic imine (C=N–C) groups is 1. The van der Waals surface area contributed by atoms with Crippen molar-refractivity contribution in [3.63, 3.8) is 0 Å². The van der Waals surface area contributed by atoms with Crippen LogP contribution < -0.4 is 5.32 Å². The first-order chi connectivity index (χ1) is 12.2. The van der Waals surface area contributed by atoms with Gasteiger partial charge in [0, 0.05) is 25.8 Å². The lowest BCUT2D eigenvalue weighted by molar-refractivity contribution is 0.375. The lowest BCUT2D eigenvalue weighted by atomic mass is 10.0.